The zero-order valence-electron chi connectivity index (χ0n) is 8.80. The van der Waals surface area contributed by atoms with Crippen molar-refractivity contribution >= 4 is 5.97 Å². The zero-order chi connectivity index (χ0) is 9.90. The number of hydrogen-bond acceptors (Lipinski definition) is 2. The Hall–Kier alpha value is -0.530. The quantitative estimate of drug-likeness (QED) is 0.629. The summed E-state index contributed by atoms with van der Waals surface area (Å²) in [5.41, 5.74) is -0.203. The summed E-state index contributed by atoms with van der Waals surface area (Å²) in [7, 11) is 0. The van der Waals surface area contributed by atoms with Crippen molar-refractivity contribution in [3.05, 3.63) is 6.61 Å². The van der Waals surface area contributed by atoms with Gasteiger partial charge in [0.15, 0.2) is 0 Å². The standard InChI is InChI=1S/C11H19O2/c1-9(2)8-13-10(12)11(3)6-4-5-7-11/h8-9H,4-7H2,1-3H3. The highest BCUT2D eigenvalue weighted by Gasteiger charge is 2.37. The Morgan fingerprint density at radius 2 is 1.92 bits per heavy atom. The third kappa shape index (κ3) is 2.71. The van der Waals surface area contributed by atoms with E-state index in [1.165, 1.54) is 0 Å². The van der Waals surface area contributed by atoms with E-state index in [1.54, 1.807) is 6.61 Å². The molecule has 0 atom stereocenters. The fraction of sp³-hybridized carbons (Fsp3) is 0.818. The summed E-state index contributed by atoms with van der Waals surface area (Å²) in [6.07, 6.45) is 4.29. The summed E-state index contributed by atoms with van der Waals surface area (Å²) < 4.78 is 5.13. The molecule has 0 spiro atoms. The van der Waals surface area contributed by atoms with Crippen molar-refractivity contribution in [3.63, 3.8) is 0 Å². The minimum Gasteiger partial charge on any atom is -0.458 e. The van der Waals surface area contributed by atoms with Crippen LogP contribution in [-0.4, -0.2) is 5.97 Å². The van der Waals surface area contributed by atoms with Crippen LogP contribution in [0, 0.1) is 17.9 Å². The van der Waals surface area contributed by atoms with E-state index in [2.05, 4.69) is 0 Å². The first-order valence-electron chi connectivity index (χ1n) is 5.09. The Balaban J connectivity index is 2.38. The molecule has 13 heavy (non-hydrogen) atoms. The summed E-state index contributed by atoms with van der Waals surface area (Å²) in [5.74, 6) is 0.271. The summed E-state index contributed by atoms with van der Waals surface area (Å²) in [6.45, 7) is 7.65. The van der Waals surface area contributed by atoms with Crippen LogP contribution in [0.4, 0.5) is 0 Å². The third-order valence-corrected chi connectivity index (χ3v) is 2.65. The van der Waals surface area contributed by atoms with Crippen molar-refractivity contribution in [2.45, 2.75) is 46.5 Å². The van der Waals surface area contributed by atoms with Gasteiger partial charge in [-0.1, -0.05) is 26.7 Å². The summed E-state index contributed by atoms with van der Waals surface area (Å²) in [6, 6.07) is 0. The number of rotatable bonds is 3. The molecule has 0 aromatic heterocycles. The van der Waals surface area contributed by atoms with Crippen molar-refractivity contribution in [3.8, 4) is 0 Å². The Labute approximate surface area is 80.7 Å². The lowest BCUT2D eigenvalue weighted by molar-refractivity contribution is -0.151. The highest BCUT2D eigenvalue weighted by atomic mass is 16.5. The number of carbonyl (C=O) groups excluding carboxylic acids is 1. The van der Waals surface area contributed by atoms with Crippen molar-refractivity contribution < 1.29 is 9.53 Å². The second kappa shape index (κ2) is 4.12. The molecule has 0 aromatic carbocycles. The van der Waals surface area contributed by atoms with Crippen LogP contribution in [0.15, 0.2) is 0 Å². The van der Waals surface area contributed by atoms with Gasteiger partial charge in [0.2, 0.25) is 0 Å². The van der Waals surface area contributed by atoms with Gasteiger partial charge in [-0.25, -0.2) is 0 Å². The predicted octanol–water partition coefficient (Wildman–Crippen LogP) is 2.93. The maximum Gasteiger partial charge on any atom is 0.312 e. The molecule has 0 aliphatic heterocycles. The molecule has 2 nitrogen and oxygen atoms in total. The lowest BCUT2D eigenvalue weighted by Gasteiger charge is -2.21. The first-order valence-corrected chi connectivity index (χ1v) is 5.09. The lowest BCUT2D eigenvalue weighted by Crippen LogP contribution is -2.26. The first-order chi connectivity index (χ1) is 6.04. The van der Waals surface area contributed by atoms with E-state index >= 15 is 0 Å². The first kappa shape index (κ1) is 10.6. The van der Waals surface area contributed by atoms with Crippen LogP contribution in [0.3, 0.4) is 0 Å². The smallest absolute Gasteiger partial charge is 0.312 e. The van der Waals surface area contributed by atoms with Crippen molar-refractivity contribution in [2.75, 3.05) is 0 Å². The highest BCUT2D eigenvalue weighted by molar-refractivity contribution is 5.77. The zero-order valence-corrected chi connectivity index (χ0v) is 8.80. The largest absolute Gasteiger partial charge is 0.458 e. The normalized spacial score (nSPS) is 20.6. The highest BCUT2D eigenvalue weighted by Crippen LogP contribution is 2.38. The van der Waals surface area contributed by atoms with Crippen LogP contribution in [0.5, 0.6) is 0 Å². The molecular formula is C11H19O2. The lowest BCUT2D eigenvalue weighted by atomic mass is 9.89. The molecule has 1 fully saturated rings. The molecule has 0 heterocycles. The average molecular weight is 183 g/mol. The molecule has 0 aromatic rings. The molecule has 0 N–H and O–H groups in total. The van der Waals surface area contributed by atoms with Crippen molar-refractivity contribution in [2.24, 2.45) is 11.3 Å². The molecule has 1 aliphatic carbocycles. The van der Waals surface area contributed by atoms with E-state index in [0.29, 0.717) is 5.92 Å². The third-order valence-electron chi connectivity index (χ3n) is 2.65. The van der Waals surface area contributed by atoms with Gasteiger partial charge in [-0.3, -0.25) is 4.79 Å². The molecule has 2 heteroatoms. The molecule has 0 unspecified atom stereocenters. The predicted molar refractivity (Wildman–Crippen MR) is 51.8 cm³/mol. The molecule has 1 radical (unpaired) electrons. The van der Waals surface area contributed by atoms with Gasteiger partial charge >= 0.3 is 5.97 Å². The number of hydrogen-bond donors (Lipinski definition) is 0. The van der Waals surface area contributed by atoms with Gasteiger partial charge in [-0.2, -0.15) is 0 Å². The fourth-order valence-corrected chi connectivity index (χ4v) is 1.70. The molecule has 1 rings (SSSR count). The van der Waals surface area contributed by atoms with Crippen molar-refractivity contribution in [1.82, 2.24) is 0 Å². The molecule has 0 saturated heterocycles. The van der Waals surface area contributed by atoms with Crippen LogP contribution < -0.4 is 0 Å². The molecule has 75 valence electrons. The van der Waals surface area contributed by atoms with Crippen LogP contribution in [-0.2, 0) is 9.53 Å². The Morgan fingerprint density at radius 3 is 2.38 bits per heavy atom. The van der Waals surface area contributed by atoms with E-state index < -0.39 is 0 Å². The molecular weight excluding hydrogens is 164 g/mol. The maximum atomic E-state index is 11.6. The van der Waals surface area contributed by atoms with Gasteiger partial charge in [0.25, 0.3) is 0 Å². The van der Waals surface area contributed by atoms with Crippen LogP contribution in [0.2, 0.25) is 0 Å². The number of ether oxygens (including phenoxy) is 1. The van der Waals surface area contributed by atoms with E-state index in [9.17, 15) is 4.79 Å². The molecule has 0 amide bonds. The van der Waals surface area contributed by atoms with E-state index in [4.69, 9.17) is 4.74 Å². The number of esters is 1. The van der Waals surface area contributed by atoms with Crippen LogP contribution in [0.1, 0.15) is 46.5 Å². The average Bonchev–Trinajstić information content (AvgIpc) is 2.49. The second-order valence-electron chi connectivity index (χ2n) is 4.55. The van der Waals surface area contributed by atoms with Gasteiger partial charge in [0, 0.05) is 0 Å². The Kier molecular flexibility index (Phi) is 3.34. The number of carbonyl (C=O) groups is 1. The Morgan fingerprint density at radius 1 is 1.38 bits per heavy atom. The van der Waals surface area contributed by atoms with E-state index in [1.807, 2.05) is 20.8 Å². The fourth-order valence-electron chi connectivity index (χ4n) is 1.70. The topological polar surface area (TPSA) is 26.3 Å². The van der Waals surface area contributed by atoms with Gasteiger partial charge in [-0.05, 0) is 25.7 Å². The molecule has 1 aliphatic rings. The van der Waals surface area contributed by atoms with Gasteiger partial charge < -0.3 is 4.74 Å². The van der Waals surface area contributed by atoms with E-state index in [0.717, 1.165) is 25.7 Å². The minimum atomic E-state index is -0.203. The monoisotopic (exact) mass is 183 g/mol. The van der Waals surface area contributed by atoms with Crippen molar-refractivity contribution in [1.29, 1.82) is 0 Å². The molecule has 1 saturated carbocycles. The Bertz CT molecular complexity index is 179. The maximum absolute atomic E-state index is 11.6. The van der Waals surface area contributed by atoms with Gasteiger partial charge in [-0.15, -0.1) is 0 Å². The molecule has 0 bridgehead atoms. The van der Waals surface area contributed by atoms with Crippen LogP contribution >= 0.6 is 0 Å². The van der Waals surface area contributed by atoms with E-state index in [-0.39, 0.29) is 11.4 Å². The summed E-state index contributed by atoms with van der Waals surface area (Å²) in [4.78, 5) is 11.6. The van der Waals surface area contributed by atoms with Crippen LogP contribution in [0.25, 0.3) is 0 Å². The van der Waals surface area contributed by atoms with Gasteiger partial charge in [0.1, 0.15) is 6.61 Å². The minimum absolute atomic E-state index is 0.0429. The summed E-state index contributed by atoms with van der Waals surface area (Å²) >= 11 is 0. The second-order valence-corrected chi connectivity index (χ2v) is 4.55. The SMILES string of the molecule is CC(C)[CH]OC(=O)C1(C)CCCC1. The summed E-state index contributed by atoms with van der Waals surface area (Å²) in [5, 5.41) is 0. The van der Waals surface area contributed by atoms with Gasteiger partial charge in [0.05, 0.1) is 5.41 Å².